The van der Waals surface area contributed by atoms with Gasteiger partial charge in [0.2, 0.25) is 5.91 Å². The summed E-state index contributed by atoms with van der Waals surface area (Å²) < 4.78 is 5.07. The number of likely N-dealkylation sites (tertiary alicyclic amines) is 1. The molecule has 2 N–H and O–H groups in total. The first-order chi connectivity index (χ1) is 9.17. The van der Waals surface area contributed by atoms with Gasteiger partial charge in [-0.3, -0.25) is 4.79 Å². The Hall–Kier alpha value is -1.30. The van der Waals surface area contributed by atoms with E-state index in [1.165, 1.54) is 0 Å². The second kappa shape index (κ2) is 8.74. The normalized spacial score (nSPS) is 17.4. The molecule has 1 amide bonds. The second-order valence-corrected chi connectivity index (χ2v) is 4.78. The zero-order chi connectivity index (χ0) is 14.1. The van der Waals surface area contributed by atoms with Crippen molar-refractivity contribution in [3.8, 4) is 0 Å². The molecule has 0 aromatic carbocycles. The summed E-state index contributed by atoms with van der Waals surface area (Å²) in [7, 11) is 1.67. The van der Waals surface area contributed by atoms with Crippen LogP contribution in [0.5, 0.6) is 0 Å². The lowest BCUT2D eigenvalue weighted by molar-refractivity contribution is -0.128. The molecule has 1 aliphatic heterocycles. The SMILES string of the molecule is CCNC(=NCC(=O)N1CCCC1)NC(C)COC. The molecule has 1 unspecified atom stereocenters. The number of carbonyl (C=O) groups excluding carboxylic acids is 1. The van der Waals surface area contributed by atoms with Crippen LogP contribution in [-0.4, -0.2) is 62.7 Å². The minimum atomic E-state index is 0.106. The molecule has 1 rings (SSSR count). The molecule has 110 valence electrons. The third-order valence-electron chi connectivity index (χ3n) is 2.98. The molecule has 0 aliphatic carbocycles. The van der Waals surface area contributed by atoms with Crippen LogP contribution in [-0.2, 0) is 9.53 Å². The number of nitrogens with one attached hydrogen (secondary N) is 2. The monoisotopic (exact) mass is 270 g/mol. The summed E-state index contributed by atoms with van der Waals surface area (Å²) in [5, 5.41) is 6.34. The van der Waals surface area contributed by atoms with Crippen molar-refractivity contribution < 1.29 is 9.53 Å². The van der Waals surface area contributed by atoms with Crippen LogP contribution in [0.25, 0.3) is 0 Å². The number of amides is 1. The minimum absolute atomic E-state index is 0.106. The Kier molecular flexibility index (Phi) is 7.25. The van der Waals surface area contributed by atoms with Gasteiger partial charge >= 0.3 is 0 Å². The Bertz CT molecular complexity index is 301. The maximum Gasteiger partial charge on any atom is 0.244 e. The quantitative estimate of drug-likeness (QED) is 0.534. The van der Waals surface area contributed by atoms with E-state index in [0.717, 1.165) is 32.5 Å². The van der Waals surface area contributed by atoms with E-state index in [2.05, 4.69) is 15.6 Å². The standard InChI is InChI=1S/C13H26N4O2/c1-4-14-13(16-11(2)10-19-3)15-9-12(18)17-7-5-6-8-17/h11H,4-10H2,1-3H3,(H2,14,15,16). The van der Waals surface area contributed by atoms with Crippen molar-refractivity contribution in [2.75, 3.05) is 39.9 Å². The van der Waals surface area contributed by atoms with Gasteiger partial charge in [0.05, 0.1) is 6.61 Å². The van der Waals surface area contributed by atoms with Gasteiger partial charge in [-0.25, -0.2) is 4.99 Å². The third kappa shape index (κ3) is 5.92. The highest BCUT2D eigenvalue weighted by molar-refractivity contribution is 5.85. The Balaban J connectivity index is 2.44. The van der Waals surface area contributed by atoms with Gasteiger partial charge in [-0.05, 0) is 26.7 Å². The first-order valence-corrected chi connectivity index (χ1v) is 6.99. The number of hydrogen-bond donors (Lipinski definition) is 2. The molecule has 1 heterocycles. The van der Waals surface area contributed by atoms with E-state index in [0.29, 0.717) is 12.6 Å². The van der Waals surface area contributed by atoms with Crippen molar-refractivity contribution in [3.05, 3.63) is 0 Å². The highest BCUT2D eigenvalue weighted by atomic mass is 16.5. The molecule has 1 fully saturated rings. The molecule has 6 heteroatoms. The molecule has 0 bridgehead atoms. The number of carbonyl (C=O) groups is 1. The average Bonchev–Trinajstić information content (AvgIpc) is 2.90. The van der Waals surface area contributed by atoms with E-state index in [9.17, 15) is 4.79 Å². The summed E-state index contributed by atoms with van der Waals surface area (Å²) >= 11 is 0. The van der Waals surface area contributed by atoms with Crippen molar-refractivity contribution in [2.24, 2.45) is 4.99 Å². The number of nitrogens with zero attached hydrogens (tertiary/aromatic N) is 2. The van der Waals surface area contributed by atoms with Gasteiger partial charge in [0.25, 0.3) is 0 Å². The van der Waals surface area contributed by atoms with Crippen LogP contribution >= 0.6 is 0 Å². The fraction of sp³-hybridized carbons (Fsp3) is 0.846. The van der Waals surface area contributed by atoms with Crippen LogP contribution in [0.4, 0.5) is 0 Å². The lowest BCUT2D eigenvalue weighted by Crippen LogP contribution is -2.44. The van der Waals surface area contributed by atoms with E-state index in [-0.39, 0.29) is 18.5 Å². The fourth-order valence-electron chi connectivity index (χ4n) is 2.06. The predicted octanol–water partition coefficient (Wildman–Crippen LogP) is 0.199. The van der Waals surface area contributed by atoms with Crippen molar-refractivity contribution >= 4 is 11.9 Å². The predicted molar refractivity (Wildman–Crippen MR) is 76.3 cm³/mol. The smallest absolute Gasteiger partial charge is 0.244 e. The molecule has 0 aromatic rings. The maximum absolute atomic E-state index is 11.9. The van der Waals surface area contributed by atoms with Crippen molar-refractivity contribution in [2.45, 2.75) is 32.7 Å². The molecule has 19 heavy (non-hydrogen) atoms. The Morgan fingerprint density at radius 3 is 2.68 bits per heavy atom. The van der Waals surface area contributed by atoms with Crippen LogP contribution in [0.3, 0.4) is 0 Å². The van der Waals surface area contributed by atoms with E-state index in [1.807, 2.05) is 18.7 Å². The first-order valence-electron chi connectivity index (χ1n) is 6.99. The zero-order valence-electron chi connectivity index (χ0n) is 12.2. The Morgan fingerprint density at radius 1 is 1.42 bits per heavy atom. The van der Waals surface area contributed by atoms with E-state index in [1.54, 1.807) is 7.11 Å². The third-order valence-corrected chi connectivity index (χ3v) is 2.98. The number of rotatable bonds is 6. The van der Waals surface area contributed by atoms with E-state index < -0.39 is 0 Å². The van der Waals surface area contributed by atoms with Crippen molar-refractivity contribution in [1.29, 1.82) is 0 Å². The van der Waals surface area contributed by atoms with Gasteiger partial charge < -0.3 is 20.3 Å². The van der Waals surface area contributed by atoms with Crippen LogP contribution in [0, 0.1) is 0 Å². The van der Waals surface area contributed by atoms with Gasteiger partial charge in [-0.2, -0.15) is 0 Å². The summed E-state index contributed by atoms with van der Waals surface area (Å²) in [5.41, 5.74) is 0. The Labute approximate surface area is 115 Å². The summed E-state index contributed by atoms with van der Waals surface area (Å²) in [6.07, 6.45) is 2.22. The molecular formula is C13H26N4O2. The number of guanidine groups is 1. The number of ether oxygens (including phenoxy) is 1. The number of hydrogen-bond acceptors (Lipinski definition) is 3. The number of aliphatic imine (C=N–C) groups is 1. The molecule has 1 saturated heterocycles. The first kappa shape index (κ1) is 15.8. The minimum Gasteiger partial charge on any atom is -0.383 e. The van der Waals surface area contributed by atoms with Gasteiger partial charge in [0.1, 0.15) is 6.54 Å². The maximum atomic E-state index is 11.9. The van der Waals surface area contributed by atoms with E-state index >= 15 is 0 Å². The molecule has 6 nitrogen and oxygen atoms in total. The van der Waals surface area contributed by atoms with Crippen LogP contribution in [0.2, 0.25) is 0 Å². The lowest BCUT2D eigenvalue weighted by Gasteiger charge is -2.18. The van der Waals surface area contributed by atoms with Crippen LogP contribution in [0.15, 0.2) is 4.99 Å². The highest BCUT2D eigenvalue weighted by Gasteiger charge is 2.17. The molecule has 0 aromatic heterocycles. The molecule has 0 radical (unpaired) electrons. The van der Waals surface area contributed by atoms with Crippen LogP contribution in [0.1, 0.15) is 26.7 Å². The summed E-state index contributed by atoms with van der Waals surface area (Å²) in [6, 6.07) is 0.157. The van der Waals surface area contributed by atoms with Crippen molar-refractivity contribution in [3.63, 3.8) is 0 Å². The molecule has 1 atom stereocenters. The highest BCUT2D eigenvalue weighted by Crippen LogP contribution is 2.07. The van der Waals surface area contributed by atoms with Gasteiger partial charge in [0, 0.05) is 32.8 Å². The Morgan fingerprint density at radius 2 is 2.11 bits per heavy atom. The molecule has 1 aliphatic rings. The number of methoxy groups -OCH3 is 1. The van der Waals surface area contributed by atoms with Gasteiger partial charge in [-0.1, -0.05) is 0 Å². The van der Waals surface area contributed by atoms with Crippen LogP contribution < -0.4 is 10.6 Å². The topological polar surface area (TPSA) is 66.0 Å². The molecular weight excluding hydrogens is 244 g/mol. The zero-order valence-corrected chi connectivity index (χ0v) is 12.2. The summed E-state index contributed by atoms with van der Waals surface area (Å²) in [5.74, 6) is 0.772. The molecule has 0 spiro atoms. The summed E-state index contributed by atoms with van der Waals surface area (Å²) in [6.45, 7) is 7.33. The largest absolute Gasteiger partial charge is 0.383 e. The fourth-order valence-corrected chi connectivity index (χ4v) is 2.06. The molecule has 0 saturated carbocycles. The summed E-state index contributed by atoms with van der Waals surface area (Å²) in [4.78, 5) is 18.1. The lowest BCUT2D eigenvalue weighted by atomic mass is 10.4. The van der Waals surface area contributed by atoms with Gasteiger partial charge in [0.15, 0.2) is 5.96 Å². The van der Waals surface area contributed by atoms with Gasteiger partial charge in [-0.15, -0.1) is 0 Å². The van der Waals surface area contributed by atoms with E-state index in [4.69, 9.17) is 4.74 Å². The van der Waals surface area contributed by atoms with Crippen molar-refractivity contribution in [1.82, 2.24) is 15.5 Å². The average molecular weight is 270 g/mol. The second-order valence-electron chi connectivity index (χ2n) is 4.78.